The number of amides is 3. The molecule has 1 spiro atoms. The van der Waals surface area contributed by atoms with Gasteiger partial charge in [0.1, 0.15) is 11.1 Å². The number of rotatable bonds is 7. The highest BCUT2D eigenvalue weighted by Gasteiger charge is 2.41. The summed E-state index contributed by atoms with van der Waals surface area (Å²) in [6, 6.07) is 12.4. The number of aliphatic imine (C=N–C) groups is 1. The maximum atomic E-state index is 13.5. The Labute approximate surface area is 360 Å². The molecule has 6 aliphatic heterocycles. The van der Waals surface area contributed by atoms with Crippen LogP contribution in [0.3, 0.4) is 0 Å². The summed E-state index contributed by atoms with van der Waals surface area (Å²) in [6.07, 6.45) is 10.8. The molecule has 0 bridgehead atoms. The van der Waals surface area contributed by atoms with Crippen molar-refractivity contribution in [2.45, 2.75) is 101 Å². The van der Waals surface area contributed by atoms with E-state index >= 15 is 0 Å². The second-order valence-corrected chi connectivity index (χ2v) is 19.2. The molecule has 0 saturated carbocycles. The van der Waals surface area contributed by atoms with Crippen molar-refractivity contribution in [2.75, 3.05) is 49.5 Å². The van der Waals surface area contributed by atoms with E-state index in [4.69, 9.17) is 16.6 Å². The zero-order valence-corrected chi connectivity index (χ0v) is 36.4. The zero-order chi connectivity index (χ0) is 41.9. The van der Waals surface area contributed by atoms with Crippen molar-refractivity contribution >= 4 is 69.6 Å². The average Bonchev–Trinajstić information content (AvgIpc) is 3.49. The number of imide groups is 1. The van der Waals surface area contributed by atoms with Crippen LogP contribution < -0.4 is 26.5 Å². The van der Waals surface area contributed by atoms with E-state index < -0.39 is 18.1 Å². The maximum absolute atomic E-state index is 13.5. The molecule has 4 fully saturated rings. The summed E-state index contributed by atoms with van der Waals surface area (Å²) in [5.41, 5.74) is 5.72. The summed E-state index contributed by atoms with van der Waals surface area (Å²) in [5.74, 6) is -0.299. The first-order valence-electron chi connectivity index (χ1n) is 21.5. The number of imidazole rings is 1. The number of carbonyl (C=O) groups excluding carboxylic acids is 3. The fraction of sp³-hybridized carbons (Fsp3) is 0.523. The molecule has 6 aliphatic rings. The van der Waals surface area contributed by atoms with Gasteiger partial charge in [-0.2, -0.15) is 0 Å². The van der Waals surface area contributed by atoms with E-state index in [1.54, 1.807) is 27.2 Å². The molecule has 3 N–H and O–H groups in total. The third-order valence-corrected chi connectivity index (χ3v) is 15.1. The Bertz CT molecular complexity index is 2360. The van der Waals surface area contributed by atoms with Crippen LogP contribution in [0.15, 0.2) is 74.0 Å². The summed E-state index contributed by atoms with van der Waals surface area (Å²) in [7, 11) is 1.79. The van der Waals surface area contributed by atoms with Crippen molar-refractivity contribution in [1.82, 2.24) is 33.9 Å². The SMILES string of the molecule is Cc1cc(SN2CCC(N3CCC4(CCN(c5cccc6c5n(C)c(=O)n6C5CCC(=O)NC5=O)CC4)CC3)CC2)ccc1NC1=NC2C(=CN1)C=C(Cl)C(=O)N2C(C)C. The fourth-order valence-electron chi connectivity index (χ4n) is 10.2. The monoisotopic (exact) mass is 854 g/mol. The Morgan fingerprint density at radius 2 is 1.68 bits per heavy atom. The van der Waals surface area contributed by atoms with E-state index in [2.05, 4.69) is 61.2 Å². The molecule has 16 heteroatoms. The lowest BCUT2D eigenvalue weighted by Crippen LogP contribution is -2.51. The molecule has 1 aromatic heterocycles. The number of nitrogens with zero attached hydrogens (tertiary/aromatic N) is 7. The number of aromatic nitrogens is 2. The normalized spacial score (nSPS) is 24.3. The first kappa shape index (κ1) is 40.8. The van der Waals surface area contributed by atoms with Crippen molar-refractivity contribution in [3.63, 3.8) is 0 Å². The number of anilines is 2. The summed E-state index contributed by atoms with van der Waals surface area (Å²) in [5, 5.41) is 9.29. The highest BCUT2D eigenvalue weighted by molar-refractivity contribution is 7.97. The highest BCUT2D eigenvalue weighted by atomic mass is 35.5. The quantitative estimate of drug-likeness (QED) is 0.208. The molecule has 4 saturated heterocycles. The minimum atomic E-state index is -0.683. The van der Waals surface area contributed by atoms with Gasteiger partial charge in [0.15, 0.2) is 6.17 Å². The number of likely N-dealkylation sites (tertiary alicyclic amines) is 1. The number of halogens is 1. The first-order valence-corrected chi connectivity index (χ1v) is 22.6. The van der Waals surface area contributed by atoms with Gasteiger partial charge in [0.05, 0.1) is 16.7 Å². The van der Waals surface area contributed by atoms with E-state index in [1.165, 1.54) is 30.6 Å². The van der Waals surface area contributed by atoms with Crippen LogP contribution >= 0.6 is 23.5 Å². The summed E-state index contributed by atoms with van der Waals surface area (Å²) >= 11 is 8.07. The van der Waals surface area contributed by atoms with Crippen LogP contribution in [0.2, 0.25) is 0 Å². The van der Waals surface area contributed by atoms with E-state index in [0.717, 1.165) is 85.7 Å². The number of nitrogens with one attached hydrogen (secondary N) is 3. The Kier molecular flexibility index (Phi) is 11.1. The summed E-state index contributed by atoms with van der Waals surface area (Å²) in [4.78, 5) is 63.8. The Morgan fingerprint density at radius 3 is 2.38 bits per heavy atom. The van der Waals surface area contributed by atoms with Gasteiger partial charge in [0.25, 0.3) is 5.91 Å². The van der Waals surface area contributed by atoms with Crippen LogP contribution in [-0.2, 0) is 21.4 Å². The average molecular weight is 856 g/mol. The second kappa shape index (κ2) is 16.4. The van der Waals surface area contributed by atoms with Crippen LogP contribution in [0.4, 0.5) is 11.4 Å². The van der Waals surface area contributed by atoms with Gasteiger partial charge in [-0.15, -0.1) is 0 Å². The summed E-state index contributed by atoms with van der Waals surface area (Å²) in [6.45, 7) is 12.4. The van der Waals surface area contributed by atoms with Crippen molar-refractivity contribution in [2.24, 2.45) is 17.5 Å². The van der Waals surface area contributed by atoms with Crippen molar-refractivity contribution in [3.8, 4) is 0 Å². The van der Waals surface area contributed by atoms with E-state index in [1.807, 2.05) is 44.1 Å². The molecule has 3 amide bonds. The largest absolute Gasteiger partial charge is 0.370 e. The molecule has 14 nitrogen and oxygen atoms in total. The number of benzene rings is 2. The number of aryl methyl sites for hydroxylation is 2. The molecular weight excluding hydrogens is 800 g/mol. The van der Waals surface area contributed by atoms with E-state index in [0.29, 0.717) is 23.8 Å². The second-order valence-electron chi connectivity index (χ2n) is 17.6. The molecule has 9 rings (SSSR count). The lowest BCUT2D eigenvalue weighted by atomic mass is 9.71. The Hall–Kier alpha value is -4.57. The minimum absolute atomic E-state index is 0.0482. The zero-order valence-electron chi connectivity index (χ0n) is 34.9. The maximum Gasteiger partial charge on any atom is 0.329 e. The summed E-state index contributed by atoms with van der Waals surface area (Å²) < 4.78 is 5.76. The van der Waals surface area contributed by atoms with Crippen LogP contribution in [0, 0.1) is 12.3 Å². The van der Waals surface area contributed by atoms with E-state index in [-0.39, 0.29) is 35.0 Å². The molecule has 3 aromatic rings. The van der Waals surface area contributed by atoms with Gasteiger partial charge in [0, 0.05) is 74.1 Å². The van der Waals surface area contributed by atoms with Gasteiger partial charge in [-0.05, 0) is 138 Å². The number of carbonyl (C=O) groups is 3. The van der Waals surface area contributed by atoms with E-state index in [9.17, 15) is 19.2 Å². The first-order chi connectivity index (χ1) is 28.9. The van der Waals surface area contributed by atoms with Crippen LogP contribution in [0.1, 0.15) is 76.8 Å². The van der Waals surface area contributed by atoms with Gasteiger partial charge < -0.3 is 25.3 Å². The molecular formula is C44H55ClN10O4S. The lowest BCUT2D eigenvalue weighted by molar-refractivity contribution is -0.136. The molecule has 2 atom stereocenters. The molecule has 0 radical (unpaired) electrons. The number of hydrogen-bond donors (Lipinski definition) is 3. The highest BCUT2D eigenvalue weighted by Crippen LogP contribution is 2.44. The molecule has 0 aliphatic carbocycles. The van der Waals surface area contributed by atoms with Gasteiger partial charge in [-0.25, -0.2) is 14.1 Å². The van der Waals surface area contributed by atoms with Crippen molar-refractivity contribution < 1.29 is 14.4 Å². The molecule has 7 heterocycles. The third-order valence-electron chi connectivity index (χ3n) is 13.7. The molecule has 2 unspecified atom stereocenters. The lowest BCUT2D eigenvalue weighted by Gasteiger charge is -2.49. The number of guanidine groups is 1. The van der Waals surface area contributed by atoms with Crippen LogP contribution in [-0.4, -0.2) is 104 Å². The number of para-hydroxylation sites is 1. The van der Waals surface area contributed by atoms with Crippen molar-refractivity contribution in [1.29, 1.82) is 0 Å². The fourth-order valence-corrected chi connectivity index (χ4v) is 11.5. The predicted molar refractivity (Wildman–Crippen MR) is 237 cm³/mol. The Balaban J connectivity index is 0.755. The van der Waals surface area contributed by atoms with Crippen LogP contribution in [0.25, 0.3) is 11.0 Å². The van der Waals surface area contributed by atoms with Gasteiger partial charge >= 0.3 is 5.69 Å². The third kappa shape index (κ3) is 7.66. The smallest absolute Gasteiger partial charge is 0.329 e. The predicted octanol–water partition coefficient (Wildman–Crippen LogP) is 5.43. The minimum Gasteiger partial charge on any atom is -0.370 e. The Morgan fingerprint density at radius 1 is 0.950 bits per heavy atom. The van der Waals surface area contributed by atoms with Crippen LogP contribution in [0.5, 0.6) is 0 Å². The number of piperidine rings is 4. The molecule has 60 heavy (non-hydrogen) atoms. The molecule has 2 aromatic carbocycles. The number of hydrogen-bond acceptors (Lipinski definition) is 11. The van der Waals surface area contributed by atoms with Crippen molar-refractivity contribution in [3.05, 3.63) is 75.3 Å². The van der Waals surface area contributed by atoms with Gasteiger partial charge in [-0.3, -0.25) is 28.8 Å². The number of fused-ring (bicyclic) bond motifs is 2. The topological polar surface area (TPSA) is 140 Å². The van der Waals surface area contributed by atoms with Gasteiger partial charge in [0.2, 0.25) is 17.8 Å². The van der Waals surface area contributed by atoms with Gasteiger partial charge in [-0.1, -0.05) is 17.7 Å². The standard InChI is InChI=1S/C44H55ClN10O4S/c1-27(2)54-39-29(25-32(45)41(54)58)26-46-42(49-39)47-33-9-8-31(24-28(33)3)60-53-18-12-30(13-19-53)51-20-14-44(15-21-51)16-22-52(23-17-44)34-6-5-7-35-38(34)50(4)43(59)55(35)36-10-11-37(56)48-40(36)57/h5-9,24-27,30,36,39H,10-23H2,1-4H3,(H2,46,47,49)(H,48,56,57). The molecule has 318 valence electrons.